The highest BCUT2D eigenvalue weighted by molar-refractivity contribution is 7.10. The Kier molecular flexibility index (Phi) is 4.30. The first-order valence-electron chi connectivity index (χ1n) is 9.42. The zero-order valence-electron chi connectivity index (χ0n) is 15.6. The normalized spacial score (nSPS) is 24.3. The van der Waals surface area contributed by atoms with Gasteiger partial charge in [0.1, 0.15) is 5.00 Å². The van der Waals surface area contributed by atoms with Gasteiger partial charge in [0.2, 0.25) is 5.95 Å². The van der Waals surface area contributed by atoms with Gasteiger partial charge < -0.3 is 15.0 Å². The highest BCUT2D eigenvalue weighted by Gasteiger charge is 2.43. The Bertz CT molecular complexity index is 1020. The van der Waals surface area contributed by atoms with Crippen molar-refractivity contribution >= 4 is 28.1 Å². The molecule has 5 rings (SSSR count). The quantitative estimate of drug-likeness (QED) is 0.689. The van der Waals surface area contributed by atoms with Crippen LogP contribution >= 0.6 is 11.5 Å². The molecule has 11 heteroatoms. The van der Waals surface area contributed by atoms with E-state index >= 15 is 0 Å². The highest BCUT2D eigenvalue weighted by atomic mass is 32.1. The second-order valence-electron chi connectivity index (χ2n) is 7.60. The number of fused-ring (bicyclic) bond motifs is 3. The standard InChI is InChI=1S/C18H19F3N6OS/c1-10-7-14(29-25-10)26-8-11-4-5-12(9-26)15(11)22-17-23-16-13(28-18(19,20)21)3-2-6-27(16)24-17/h2-3,6-7,11-12,15H,4-5,8-9H2,1H3,(H,22,24)/t11-,12+,15?. The Morgan fingerprint density at radius 2 is 2.00 bits per heavy atom. The molecule has 2 fully saturated rings. The summed E-state index contributed by atoms with van der Waals surface area (Å²) in [6.07, 6.45) is -1.01. The molecular weight excluding hydrogens is 405 g/mol. The Morgan fingerprint density at radius 3 is 2.66 bits per heavy atom. The molecule has 4 heterocycles. The van der Waals surface area contributed by atoms with Crippen LogP contribution in [0.2, 0.25) is 0 Å². The van der Waals surface area contributed by atoms with Gasteiger partial charge in [-0.2, -0.15) is 9.36 Å². The van der Waals surface area contributed by atoms with Crippen LogP contribution in [0.15, 0.2) is 24.4 Å². The molecule has 3 atom stereocenters. The Morgan fingerprint density at radius 1 is 1.24 bits per heavy atom. The number of hydrogen-bond donors (Lipinski definition) is 1. The number of nitrogens with one attached hydrogen (secondary N) is 1. The van der Waals surface area contributed by atoms with E-state index in [2.05, 4.69) is 35.5 Å². The monoisotopic (exact) mass is 424 g/mol. The minimum absolute atomic E-state index is 0.0391. The smallest absolute Gasteiger partial charge is 0.402 e. The molecule has 2 bridgehead atoms. The molecule has 3 aromatic rings. The summed E-state index contributed by atoms with van der Waals surface area (Å²) in [5.41, 5.74) is 1.07. The van der Waals surface area contributed by atoms with E-state index in [1.165, 1.54) is 33.2 Å². The van der Waals surface area contributed by atoms with Crippen molar-refractivity contribution in [3.05, 3.63) is 30.1 Å². The van der Waals surface area contributed by atoms with Crippen molar-refractivity contribution < 1.29 is 17.9 Å². The van der Waals surface area contributed by atoms with E-state index in [0.29, 0.717) is 17.8 Å². The number of ether oxygens (including phenoxy) is 1. The molecule has 1 N–H and O–H groups in total. The van der Waals surface area contributed by atoms with Crippen molar-refractivity contribution in [3.8, 4) is 5.75 Å². The third-order valence-electron chi connectivity index (χ3n) is 5.61. The molecule has 0 amide bonds. The molecule has 1 saturated heterocycles. The fourth-order valence-electron chi connectivity index (χ4n) is 4.43. The van der Waals surface area contributed by atoms with Crippen molar-refractivity contribution in [1.82, 2.24) is 19.0 Å². The van der Waals surface area contributed by atoms with Gasteiger partial charge in [-0.1, -0.05) is 0 Å². The van der Waals surface area contributed by atoms with E-state index in [1.807, 2.05) is 6.92 Å². The average molecular weight is 424 g/mol. The van der Waals surface area contributed by atoms with Crippen LogP contribution in [0.3, 0.4) is 0 Å². The lowest BCUT2D eigenvalue weighted by Crippen LogP contribution is -2.48. The molecule has 3 aromatic heterocycles. The topological polar surface area (TPSA) is 67.6 Å². The number of pyridine rings is 1. The van der Waals surface area contributed by atoms with Crippen LogP contribution in [-0.4, -0.2) is 44.5 Å². The minimum Gasteiger partial charge on any atom is -0.402 e. The maximum atomic E-state index is 12.6. The van der Waals surface area contributed by atoms with Crippen molar-refractivity contribution in [2.45, 2.75) is 32.2 Å². The number of nitrogens with zero attached hydrogens (tertiary/aromatic N) is 5. The number of rotatable bonds is 4. The second kappa shape index (κ2) is 6.75. The molecule has 29 heavy (non-hydrogen) atoms. The third kappa shape index (κ3) is 3.59. The minimum atomic E-state index is -4.78. The molecule has 1 saturated carbocycles. The van der Waals surface area contributed by atoms with Crippen LogP contribution in [-0.2, 0) is 0 Å². The number of halogens is 3. The lowest BCUT2D eigenvalue weighted by Gasteiger charge is -2.38. The highest BCUT2D eigenvalue weighted by Crippen LogP contribution is 2.41. The summed E-state index contributed by atoms with van der Waals surface area (Å²) in [7, 11) is 0. The first kappa shape index (κ1) is 18.5. The molecule has 2 aliphatic rings. The van der Waals surface area contributed by atoms with Crippen molar-refractivity contribution in [2.75, 3.05) is 23.3 Å². The van der Waals surface area contributed by atoms with Crippen LogP contribution in [0.1, 0.15) is 18.5 Å². The van der Waals surface area contributed by atoms with Crippen LogP contribution in [0, 0.1) is 18.8 Å². The van der Waals surface area contributed by atoms with Gasteiger partial charge in [-0.05, 0) is 61.3 Å². The number of aryl methyl sites for hydroxylation is 1. The first-order valence-corrected chi connectivity index (χ1v) is 10.2. The van der Waals surface area contributed by atoms with Crippen LogP contribution in [0.25, 0.3) is 5.65 Å². The molecule has 0 radical (unpaired) electrons. The van der Waals surface area contributed by atoms with Gasteiger partial charge in [-0.15, -0.1) is 18.3 Å². The van der Waals surface area contributed by atoms with E-state index in [-0.39, 0.29) is 17.4 Å². The molecule has 1 unspecified atom stereocenters. The molecule has 7 nitrogen and oxygen atoms in total. The molecule has 154 valence electrons. The molecular formula is C18H19F3N6OS. The summed E-state index contributed by atoms with van der Waals surface area (Å²) in [6, 6.07) is 5.00. The maximum absolute atomic E-state index is 12.6. The molecule has 0 aromatic carbocycles. The van der Waals surface area contributed by atoms with E-state index in [0.717, 1.165) is 31.6 Å². The summed E-state index contributed by atoms with van der Waals surface area (Å²) in [5.74, 6) is 0.813. The Labute approximate surface area is 168 Å². The van der Waals surface area contributed by atoms with E-state index in [9.17, 15) is 13.2 Å². The average Bonchev–Trinajstić information content (AvgIpc) is 3.31. The Hall–Kier alpha value is -2.56. The molecule has 1 aliphatic heterocycles. The largest absolute Gasteiger partial charge is 0.573 e. The number of anilines is 2. The second-order valence-corrected chi connectivity index (χ2v) is 8.39. The summed E-state index contributed by atoms with van der Waals surface area (Å²) in [4.78, 5) is 6.65. The fourth-order valence-corrected chi connectivity index (χ4v) is 5.21. The summed E-state index contributed by atoms with van der Waals surface area (Å²) in [5, 5.41) is 8.87. The predicted octanol–water partition coefficient (Wildman–Crippen LogP) is 3.72. The number of alkyl halides is 3. The van der Waals surface area contributed by atoms with Crippen molar-refractivity contribution in [3.63, 3.8) is 0 Å². The van der Waals surface area contributed by atoms with Gasteiger partial charge in [-0.25, -0.2) is 4.52 Å². The SMILES string of the molecule is Cc1cc(N2C[C@H]3CC[C@@H](C2)C3Nc2nc3c(OC(F)(F)F)cccn3n2)sn1. The number of piperidine rings is 1. The van der Waals surface area contributed by atoms with E-state index < -0.39 is 6.36 Å². The number of aromatic nitrogens is 4. The lowest BCUT2D eigenvalue weighted by atomic mass is 9.92. The van der Waals surface area contributed by atoms with Crippen molar-refractivity contribution in [1.29, 1.82) is 0 Å². The Balaban J connectivity index is 1.35. The van der Waals surface area contributed by atoms with Gasteiger partial charge in [0, 0.05) is 25.3 Å². The van der Waals surface area contributed by atoms with Crippen LogP contribution in [0.5, 0.6) is 5.75 Å². The van der Waals surface area contributed by atoms with Crippen molar-refractivity contribution in [2.24, 2.45) is 11.8 Å². The van der Waals surface area contributed by atoms with Gasteiger partial charge in [0.05, 0.1) is 5.69 Å². The zero-order chi connectivity index (χ0) is 20.2. The fraction of sp³-hybridized carbons (Fsp3) is 0.500. The van der Waals surface area contributed by atoms with Gasteiger partial charge in [-0.3, -0.25) is 0 Å². The first-order chi connectivity index (χ1) is 13.9. The molecule has 1 aliphatic carbocycles. The van der Waals surface area contributed by atoms with Gasteiger partial charge >= 0.3 is 6.36 Å². The van der Waals surface area contributed by atoms with Gasteiger partial charge in [0.15, 0.2) is 11.4 Å². The third-order valence-corrected chi connectivity index (χ3v) is 6.55. The van der Waals surface area contributed by atoms with E-state index in [1.54, 1.807) is 6.20 Å². The number of hydrogen-bond acceptors (Lipinski definition) is 7. The van der Waals surface area contributed by atoms with E-state index in [4.69, 9.17) is 0 Å². The van der Waals surface area contributed by atoms with Crippen LogP contribution in [0.4, 0.5) is 24.1 Å². The summed E-state index contributed by atoms with van der Waals surface area (Å²) in [6.45, 7) is 3.84. The summed E-state index contributed by atoms with van der Waals surface area (Å²) < 4.78 is 47.7. The predicted molar refractivity (Wildman–Crippen MR) is 102 cm³/mol. The maximum Gasteiger partial charge on any atom is 0.573 e. The van der Waals surface area contributed by atoms with Gasteiger partial charge in [0.25, 0.3) is 0 Å². The molecule has 0 spiro atoms. The summed E-state index contributed by atoms with van der Waals surface area (Å²) >= 11 is 1.52. The van der Waals surface area contributed by atoms with Crippen LogP contribution < -0.4 is 15.0 Å². The lowest BCUT2D eigenvalue weighted by molar-refractivity contribution is -0.274. The zero-order valence-corrected chi connectivity index (χ0v) is 16.4.